The summed E-state index contributed by atoms with van der Waals surface area (Å²) in [5.74, 6) is -1.84. The van der Waals surface area contributed by atoms with Crippen molar-refractivity contribution in [2.75, 3.05) is 6.61 Å². The van der Waals surface area contributed by atoms with Gasteiger partial charge in [0.15, 0.2) is 6.29 Å². The van der Waals surface area contributed by atoms with Gasteiger partial charge in [0, 0.05) is 20.3 Å². The zero-order valence-corrected chi connectivity index (χ0v) is 19.5. The molecule has 4 atom stereocenters. The average Bonchev–Trinajstić information content (AvgIpc) is 2.78. The summed E-state index contributed by atoms with van der Waals surface area (Å²) in [5.41, 5.74) is 0.869. The minimum absolute atomic E-state index is 0.00176. The summed E-state index contributed by atoms with van der Waals surface area (Å²) in [6.07, 6.45) is -3.00. The molecule has 0 radical (unpaired) electrons. The van der Waals surface area contributed by atoms with Gasteiger partial charge >= 0.3 is 11.9 Å². The maximum Gasteiger partial charge on any atom is 0.303 e. The van der Waals surface area contributed by atoms with Crippen molar-refractivity contribution < 1.29 is 41.3 Å². The zero-order chi connectivity index (χ0) is 24.7. The lowest BCUT2D eigenvalue weighted by molar-refractivity contribution is -0.247. The summed E-state index contributed by atoms with van der Waals surface area (Å²) in [6.45, 7) is 2.28. The minimum atomic E-state index is -4.12. The molecule has 2 aromatic rings. The van der Waals surface area contributed by atoms with E-state index in [-0.39, 0.29) is 24.5 Å². The summed E-state index contributed by atoms with van der Waals surface area (Å²) in [7, 11) is -4.12. The van der Waals surface area contributed by atoms with Crippen LogP contribution in [-0.2, 0) is 45.2 Å². The summed E-state index contributed by atoms with van der Waals surface area (Å²) < 4.78 is 63.8. The number of carbonyl (C=O) groups excluding carboxylic acids is 2. The molecule has 1 heterocycles. The Labute approximate surface area is 197 Å². The summed E-state index contributed by atoms with van der Waals surface area (Å²) in [4.78, 5) is 23.0. The number of ether oxygens (including phenoxy) is 4. The number of sulfonamides is 1. The largest absolute Gasteiger partial charge is 0.463 e. The maximum absolute atomic E-state index is 13.3. The summed E-state index contributed by atoms with van der Waals surface area (Å²) in [6, 6.07) is 12.6. The molecule has 1 saturated heterocycles. The number of carbonyl (C=O) groups is 2. The third-order valence-corrected chi connectivity index (χ3v) is 6.50. The van der Waals surface area contributed by atoms with Crippen molar-refractivity contribution in [2.45, 2.75) is 56.3 Å². The monoisotopic (exact) mass is 495 g/mol. The van der Waals surface area contributed by atoms with E-state index >= 15 is 0 Å². The van der Waals surface area contributed by atoms with Gasteiger partial charge in [-0.2, -0.15) is 0 Å². The Kier molecular flexibility index (Phi) is 8.72. The molecule has 11 heteroatoms. The van der Waals surface area contributed by atoms with Gasteiger partial charge in [-0.3, -0.25) is 9.59 Å². The van der Waals surface area contributed by atoms with Gasteiger partial charge in [-0.15, -0.1) is 0 Å². The summed E-state index contributed by atoms with van der Waals surface area (Å²) in [5, 5.41) is 0. The van der Waals surface area contributed by atoms with Gasteiger partial charge in [-0.1, -0.05) is 30.3 Å². The van der Waals surface area contributed by atoms with Gasteiger partial charge in [0.05, 0.1) is 17.5 Å². The smallest absolute Gasteiger partial charge is 0.303 e. The zero-order valence-electron chi connectivity index (χ0n) is 18.7. The van der Waals surface area contributed by atoms with Crippen molar-refractivity contribution in [1.29, 1.82) is 0 Å². The van der Waals surface area contributed by atoms with Crippen molar-refractivity contribution in [3.63, 3.8) is 0 Å². The van der Waals surface area contributed by atoms with Crippen LogP contribution in [0, 0.1) is 5.82 Å². The SMILES string of the molecule is CC(=O)OC[C@H]1O[C@H](OCc2ccccc2)C[C@H](NS(=O)(=O)c2ccc(F)cc2)[C@@H]1OC(C)=O. The minimum Gasteiger partial charge on any atom is -0.463 e. The predicted octanol–water partition coefficient (Wildman–Crippen LogP) is 2.30. The fourth-order valence-electron chi connectivity index (χ4n) is 3.48. The Morgan fingerprint density at radius 3 is 2.35 bits per heavy atom. The topological polar surface area (TPSA) is 117 Å². The van der Waals surface area contributed by atoms with Crippen molar-refractivity contribution in [3.8, 4) is 0 Å². The molecule has 1 aliphatic rings. The number of nitrogens with one attached hydrogen (secondary N) is 1. The van der Waals surface area contributed by atoms with Crippen LogP contribution >= 0.6 is 0 Å². The molecule has 1 fully saturated rings. The molecule has 2 aromatic carbocycles. The highest BCUT2D eigenvalue weighted by Gasteiger charge is 2.44. The normalized spacial score (nSPS) is 22.7. The molecule has 0 aromatic heterocycles. The Morgan fingerprint density at radius 2 is 1.74 bits per heavy atom. The van der Waals surface area contributed by atoms with E-state index in [1.807, 2.05) is 30.3 Å². The molecule has 0 saturated carbocycles. The number of hydrogen-bond donors (Lipinski definition) is 1. The first-order chi connectivity index (χ1) is 16.1. The Balaban J connectivity index is 1.84. The first-order valence-electron chi connectivity index (χ1n) is 10.5. The van der Waals surface area contributed by atoms with Crippen LogP contribution in [0.15, 0.2) is 59.5 Å². The third kappa shape index (κ3) is 7.32. The molecule has 1 aliphatic heterocycles. The van der Waals surface area contributed by atoms with E-state index in [1.165, 1.54) is 13.8 Å². The highest BCUT2D eigenvalue weighted by Crippen LogP contribution is 2.27. The molecule has 9 nitrogen and oxygen atoms in total. The number of rotatable bonds is 9. The van der Waals surface area contributed by atoms with E-state index in [0.717, 1.165) is 29.8 Å². The molecule has 0 spiro atoms. The molecular formula is C23H26FNO8S. The van der Waals surface area contributed by atoms with Crippen molar-refractivity contribution >= 4 is 22.0 Å². The standard InChI is InChI=1S/C23H26FNO8S/c1-15(26)30-14-21-23(32-16(2)27)20(25-34(28,29)19-10-8-18(24)9-11-19)12-22(33-21)31-13-17-6-4-3-5-7-17/h3-11,20-23,25H,12-14H2,1-2H3/t20-,21+,22-,23-/m0/s1. The highest BCUT2D eigenvalue weighted by molar-refractivity contribution is 7.89. The lowest BCUT2D eigenvalue weighted by Gasteiger charge is -2.40. The van der Waals surface area contributed by atoms with E-state index < -0.39 is 52.3 Å². The third-order valence-electron chi connectivity index (χ3n) is 5.00. The lowest BCUT2D eigenvalue weighted by atomic mass is 9.99. The van der Waals surface area contributed by atoms with E-state index in [4.69, 9.17) is 18.9 Å². The van der Waals surface area contributed by atoms with Crippen LogP contribution in [-0.4, -0.2) is 51.5 Å². The van der Waals surface area contributed by atoms with Gasteiger partial charge in [0.2, 0.25) is 10.0 Å². The Hall–Kier alpha value is -2.86. The Morgan fingerprint density at radius 1 is 1.06 bits per heavy atom. The number of halogens is 1. The Bertz CT molecular complexity index is 1080. The molecule has 1 N–H and O–H groups in total. The fourth-order valence-corrected chi connectivity index (χ4v) is 4.74. The summed E-state index contributed by atoms with van der Waals surface area (Å²) >= 11 is 0. The molecule has 34 heavy (non-hydrogen) atoms. The molecule has 0 bridgehead atoms. The molecule has 184 valence electrons. The van der Waals surface area contributed by atoms with Gasteiger partial charge in [-0.25, -0.2) is 17.5 Å². The van der Waals surface area contributed by atoms with Crippen molar-refractivity contribution in [1.82, 2.24) is 4.72 Å². The van der Waals surface area contributed by atoms with Crippen LogP contribution in [0.2, 0.25) is 0 Å². The van der Waals surface area contributed by atoms with E-state index in [0.29, 0.717) is 0 Å². The molecule has 0 unspecified atom stereocenters. The van der Waals surface area contributed by atoms with Gasteiger partial charge < -0.3 is 18.9 Å². The van der Waals surface area contributed by atoms with E-state index in [2.05, 4.69) is 4.72 Å². The number of benzene rings is 2. The lowest BCUT2D eigenvalue weighted by Crippen LogP contribution is -2.58. The van der Waals surface area contributed by atoms with Crippen LogP contribution in [0.25, 0.3) is 0 Å². The van der Waals surface area contributed by atoms with Crippen LogP contribution < -0.4 is 4.72 Å². The average molecular weight is 496 g/mol. The number of hydrogen-bond acceptors (Lipinski definition) is 8. The second kappa shape index (κ2) is 11.5. The molecule has 0 aliphatic carbocycles. The van der Waals surface area contributed by atoms with Gasteiger partial charge in [0.25, 0.3) is 0 Å². The van der Waals surface area contributed by atoms with Crippen LogP contribution in [0.4, 0.5) is 4.39 Å². The van der Waals surface area contributed by atoms with Gasteiger partial charge in [0.1, 0.15) is 24.6 Å². The first kappa shape index (κ1) is 25.8. The van der Waals surface area contributed by atoms with Crippen LogP contribution in [0.1, 0.15) is 25.8 Å². The van der Waals surface area contributed by atoms with Crippen molar-refractivity contribution in [3.05, 3.63) is 66.0 Å². The van der Waals surface area contributed by atoms with Gasteiger partial charge in [-0.05, 0) is 29.8 Å². The highest BCUT2D eigenvalue weighted by atomic mass is 32.2. The van der Waals surface area contributed by atoms with E-state index in [1.54, 1.807) is 0 Å². The van der Waals surface area contributed by atoms with Crippen LogP contribution in [0.3, 0.4) is 0 Å². The molecular weight excluding hydrogens is 469 g/mol. The van der Waals surface area contributed by atoms with Crippen LogP contribution in [0.5, 0.6) is 0 Å². The van der Waals surface area contributed by atoms with Crippen molar-refractivity contribution in [2.24, 2.45) is 0 Å². The predicted molar refractivity (Wildman–Crippen MR) is 117 cm³/mol. The maximum atomic E-state index is 13.3. The molecule has 0 amide bonds. The molecule has 3 rings (SSSR count). The fraction of sp³-hybridized carbons (Fsp3) is 0.391. The number of esters is 2. The first-order valence-corrected chi connectivity index (χ1v) is 12.0. The van der Waals surface area contributed by atoms with E-state index in [9.17, 15) is 22.4 Å². The second-order valence-electron chi connectivity index (χ2n) is 7.69. The quantitative estimate of drug-likeness (QED) is 0.527. The second-order valence-corrected chi connectivity index (χ2v) is 9.41.